The van der Waals surface area contributed by atoms with E-state index in [9.17, 15) is 4.39 Å². The molecule has 0 bridgehead atoms. The number of hydrogen-bond acceptors (Lipinski definition) is 5. The second kappa shape index (κ2) is 6.31. The summed E-state index contributed by atoms with van der Waals surface area (Å²) in [6.45, 7) is 0.0799. The van der Waals surface area contributed by atoms with E-state index in [1.54, 1.807) is 19.2 Å². The molecule has 2 rings (SSSR count). The minimum atomic E-state index is -0.521. The van der Waals surface area contributed by atoms with Gasteiger partial charge in [-0.2, -0.15) is 0 Å². The zero-order chi connectivity index (χ0) is 13.7. The van der Waals surface area contributed by atoms with Crippen LogP contribution in [0.3, 0.4) is 0 Å². The second-order valence-corrected chi connectivity index (χ2v) is 3.89. The first-order valence-electron chi connectivity index (χ1n) is 5.69. The van der Waals surface area contributed by atoms with Gasteiger partial charge in [-0.15, -0.1) is 0 Å². The van der Waals surface area contributed by atoms with Crippen LogP contribution in [0.1, 0.15) is 17.0 Å². The maximum absolute atomic E-state index is 13.6. The second-order valence-electron chi connectivity index (χ2n) is 3.89. The lowest BCUT2D eigenvalue weighted by molar-refractivity contribution is 0.155. The molecular weight excluding hydrogens is 253 g/mol. The Morgan fingerprint density at radius 3 is 2.95 bits per heavy atom. The van der Waals surface area contributed by atoms with Gasteiger partial charge in [-0.1, -0.05) is 17.3 Å². The first kappa shape index (κ1) is 13.5. The predicted molar refractivity (Wildman–Crippen MR) is 63.9 cm³/mol. The molecule has 1 aromatic carbocycles. The molecular formula is C13H14FNO4. The van der Waals surface area contributed by atoms with Crippen LogP contribution in [0, 0.1) is 5.82 Å². The number of benzene rings is 1. The van der Waals surface area contributed by atoms with Crippen molar-refractivity contribution in [2.45, 2.75) is 19.8 Å². The van der Waals surface area contributed by atoms with Crippen LogP contribution in [0.25, 0.3) is 0 Å². The van der Waals surface area contributed by atoms with Gasteiger partial charge in [0.25, 0.3) is 0 Å². The van der Waals surface area contributed by atoms with Crippen molar-refractivity contribution in [3.63, 3.8) is 0 Å². The van der Waals surface area contributed by atoms with E-state index in [0.29, 0.717) is 23.6 Å². The molecule has 0 aliphatic heterocycles. The quantitative estimate of drug-likeness (QED) is 0.867. The molecule has 0 saturated carbocycles. The van der Waals surface area contributed by atoms with Crippen LogP contribution in [0.4, 0.5) is 4.39 Å². The van der Waals surface area contributed by atoms with Crippen LogP contribution >= 0.6 is 0 Å². The number of aliphatic hydroxyl groups excluding tert-OH is 1. The van der Waals surface area contributed by atoms with Crippen LogP contribution in [-0.4, -0.2) is 17.4 Å². The molecule has 102 valence electrons. The summed E-state index contributed by atoms with van der Waals surface area (Å²) in [4.78, 5) is 0. The number of aromatic nitrogens is 1. The third kappa shape index (κ3) is 3.30. The van der Waals surface area contributed by atoms with Gasteiger partial charge in [0.2, 0.25) is 0 Å². The molecule has 6 heteroatoms. The summed E-state index contributed by atoms with van der Waals surface area (Å²) in [5.41, 5.74) is 0.916. The maximum Gasteiger partial charge on any atom is 0.165 e. The van der Waals surface area contributed by atoms with E-state index in [1.807, 2.05) is 0 Å². The Morgan fingerprint density at radius 2 is 2.21 bits per heavy atom. The van der Waals surface area contributed by atoms with E-state index in [-0.39, 0.29) is 19.0 Å². The van der Waals surface area contributed by atoms with Crippen LogP contribution in [0.2, 0.25) is 0 Å². The number of halogens is 1. The molecule has 19 heavy (non-hydrogen) atoms. The fraction of sp³-hybridized carbons (Fsp3) is 0.308. The Balaban J connectivity index is 2.05. The molecule has 0 atom stereocenters. The number of para-hydroxylation sites is 1. The van der Waals surface area contributed by atoms with Crippen LogP contribution in [-0.2, 0) is 24.6 Å². The lowest BCUT2D eigenvalue weighted by atomic mass is 10.2. The molecule has 0 unspecified atom stereocenters. The number of nitrogens with zero attached hydrogens (tertiary/aromatic N) is 1. The van der Waals surface area contributed by atoms with Crippen molar-refractivity contribution in [1.29, 1.82) is 0 Å². The van der Waals surface area contributed by atoms with Gasteiger partial charge in [0, 0.05) is 18.7 Å². The molecule has 0 amide bonds. The summed E-state index contributed by atoms with van der Waals surface area (Å²) in [6.07, 6.45) is 0. The normalized spacial score (nSPS) is 10.7. The Bertz CT molecular complexity index is 541. The minimum absolute atomic E-state index is 0.0290. The molecule has 1 heterocycles. The average molecular weight is 267 g/mol. The van der Waals surface area contributed by atoms with E-state index in [4.69, 9.17) is 19.1 Å². The third-order valence-electron chi connectivity index (χ3n) is 2.48. The van der Waals surface area contributed by atoms with E-state index < -0.39 is 5.82 Å². The number of rotatable bonds is 6. The minimum Gasteiger partial charge on any atom is -0.484 e. The van der Waals surface area contributed by atoms with Crippen molar-refractivity contribution in [3.05, 3.63) is 47.1 Å². The molecule has 0 fully saturated rings. The number of methoxy groups -OCH3 is 1. The summed E-state index contributed by atoms with van der Waals surface area (Å²) < 4.78 is 28.8. The lowest BCUT2D eigenvalue weighted by Crippen LogP contribution is -2.01. The topological polar surface area (TPSA) is 64.7 Å². The van der Waals surface area contributed by atoms with Crippen molar-refractivity contribution >= 4 is 0 Å². The summed E-state index contributed by atoms with van der Waals surface area (Å²) >= 11 is 0. The third-order valence-corrected chi connectivity index (χ3v) is 2.48. The van der Waals surface area contributed by atoms with Gasteiger partial charge in [0.15, 0.2) is 17.3 Å². The van der Waals surface area contributed by atoms with Crippen molar-refractivity contribution < 1.29 is 23.5 Å². The van der Waals surface area contributed by atoms with Gasteiger partial charge in [-0.05, 0) is 6.07 Å². The number of hydrogen-bond donors (Lipinski definition) is 1. The van der Waals surface area contributed by atoms with Crippen molar-refractivity contribution in [1.82, 2.24) is 5.16 Å². The predicted octanol–water partition coefficient (Wildman–Crippen LogP) is 2.03. The molecule has 5 nitrogen and oxygen atoms in total. The summed E-state index contributed by atoms with van der Waals surface area (Å²) in [6, 6.07) is 6.05. The molecule has 0 spiro atoms. The van der Waals surface area contributed by atoms with Crippen LogP contribution in [0.15, 0.2) is 28.8 Å². The zero-order valence-electron chi connectivity index (χ0n) is 10.4. The highest BCUT2D eigenvalue weighted by molar-refractivity contribution is 5.34. The van der Waals surface area contributed by atoms with Gasteiger partial charge in [0.1, 0.15) is 18.9 Å². The molecule has 1 aromatic heterocycles. The van der Waals surface area contributed by atoms with Gasteiger partial charge in [-0.25, -0.2) is 4.39 Å². The Kier molecular flexibility index (Phi) is 4.48. The smallest absolute Gasteiger partial charge is 0.165 e. The van der Waals surface area contributed by atoms with Crippen LogP contribution in [0.5, 0.6) is 5.75 Å². The fourth-order valence-electron chi connectivity index (χ4n) is 1.62. The Labute approximate surface area is 109 Å². The van der Waals surface area contributed by atoms with E-state index >= 15 is 0 Å². The monoisotopic (exact) mass is 267 g/mol. The highest BCUT2D eigenvalue weighted by atomic mass is 19.1. The summed E-state index contributed by atoms with van der Waals surface area (Å²) in [5.74, 6) is 0.0745. The van der Waals surface area contributed by atoms with E-state index in [1.165, 1.54) is 12.1 Å². The highest BCUT2D eigenvalue weighted by Gasteiger charge is 2.11. The van der Waals surface area contributed by atoms with E-state index in [2.05, 4.69) is 5.16 Å². The first-order chi connectivity index (χ1) is 9.24. The Morgan fingerprint density at radius 1 is 1.37 bits per heavy atom. The molecule has 0 radical (unpaired) electrons. The maximum atomic E-state index is 13.6. The van der Waals surface area contributed by atoms with Gasteiger partial charge >= 0.3 is 0 Å². The zero-order valence-corrected chi connectivity index (χ0v) is 10.4. The molecule has 2 aromatic rings. The van der Waals surface area contributed by atoms with Crippen molar-refractivity contribution in [2.75, 3.05) is 7.11 Å². The first-order valence-corrected chi connectivity index (χ1v) is 5.69. The average Bonchev–Trinajstić information content (AvgIpc) is 2.85. The number of ether oxygens (including phenoxy) is 2. The summed E-state index contributed by atoms with van der Waals surface area (Å²) in [7, 11) is 1.55. The summed E-state index contributed by atoms with van der Waals surface area (Å²) in [5, 5.41) is 12.9. The molecule has 0 aliphatic carbocycles. The largest absolute Gasteiger partial charge is 0.484 e. The molecule has 0 saturated heterocycles. The lowest BCUT2D eigenvalue weighted by Gasteiger charge is -2.09. The highest BCUT2D eigenvalue weighted by Crippen LogP contribution is 2.23. The SMILES string of the molecule is COCc1cc(COc2c(F)cccc2CO)no1. The molecule has 1 N–H and O–H groups in total. The Hall–Kier alpha value is -1.92. The van der Waals surface area contributed by atoms with Crippen LogP contribution < -0.4 is 4.74 Å². The van der Waals surface area contributed by atoms with Gasteiger partial charge in [0.05, 0.1) is 6.61 Å². The standard InChI is InChI=1S/C13H14FNO4/c1-17-8-11-5-10(15-19-11)7-18-13-9(6-16)3-2-4-12(13)14/h2-5,16H,6-8H2,1H3. The fourth-order valence-corrected chi connectivity index (χ4v) is 1.62. The van der Waals surface area contributed by atoms with Crippen molar-refractivity contribution in [2.24, 2.45) is 0 Å². The van der Waals surface area contributed by atoms with Gasteiger partial charge in [-0.3, -0.25) is 0 Å². The number of aliphatic hydroxyl groups is 1. The molecule has 0 aliphatic rings. The van der Waals surface area contributed by atoms with Gasteiger partial charge < -0.3 is 19.1 Å². The van der Waals surface area contributed by atoms with Crippen molar-refractivity contribution in [3.8, 4) is 5.75 Å². The van der Waals surface area contributed by atoms with E-state index in [0.717, 1.165) is 0 Å².